The largest absolute Gasteiger partial charge is 0.389 e. The van der Waals surface area contributed by atoms with Crippen molar-refractivity contribution in [3.63, 3.8) is 0 Å². The van der Waals surface area contributed by atoms with Crippen LogP contribution in [0.2, 0.25) is 5.02 Å². The van der Waals surface area contributed by atoms with E-state index in [-0.39, 0.29) is 12.2 Å². The number of nitriles is 1. The van der Waals surface area contributed by atoms with Crippen LogP contribution in [0.4, 0.5) is 0 Å². The van der Waals surface area contributed by atoms with Crippen LogP contribution in [-0.2, 0) is 0 Å². The maximum atomic E-state index is 9.44. The molecule has 0 saturated carbocycles. The Morgan fingerprint density at radius 3 is 2.50 bits per heavy atom. The molecule has 1 heterocycles. The number of aliphatic hydroxyl groups excluding tert-OH is 2. The molecule has 14 heavy (non-hydrogen) atoms. The highest BCUT2D eigenvalue weighted by molar-refractivity contribution is 6.30. The molecule has 0 radical (unpaired) electrons. The van der Waals surface area contributed by atoms with E-state index >= 15 is 0 Å². The number of rotatable bonds is 3. The second-order valence-electron chi connectivity index (χ2n) is 2.63. The van der Waals surface area contributed by atoms with Crippen molar-refractivity contribution in [2.45, 2.75) is 18.6 Å². The zero-order valence-electron chi connectivity index (χ0n) is 7.13. The molecule has 0 aliphatic carbocycles. The monoisotopic (exact) mass is 213 g/mol. The van der Waals surface area contributed by atoms with Crippen LogP contribution in [0.1, 0.15) is 18.3 Å². The standard InChI is InChI=1S/C8H8ClN3O2/c9-5-3-11-8(12-4-5)7(14)6(13)1-2-10/h3-4,6-7,13-14H,1H2. The summed E-state index contributed by atoms with van der Waals surface area (Å²) in [6.07, 6.45) is 0.0130. The molecule has 0 aliphatic heterocycles. The third-order valence-electron chi connectivity index (χ3n) is 1.57. The summed E-state index contributed by atoms with van der Waals surface area (Å²) in [6, 6.07) is 1.74. The maximum Gasteiger partial charge on any atom is 0.159 e. The zero-order chi connectivity index (χ0) is 10.6. The Morgan fingerprint density at radius 1 is 1.43 bits per heavy atom. The van der Waals surface area contributed by atoms with E-state index in [4.69, 9.17) is 16.9 Å². The number of hydrogen-bond acceptors (Lipinski definition) is 5. The average molecular weight is 214 g/mol. The molecule has 1 aromatic heterocycles. The van der Waals surface area contributed by atoms with Crippen molar-refractivity contribution in [3.05, 3.63) is 23.2 Å². The summed E-state index contributed by atoms with van der Waals surface area (Å²) in [5.74, 6) is 0.0529. The van der Waals surface area contributed by atoms with Crippen LogP contribution in [-0.4, -0.2) is 26.3 Å². The van der Waals surface area contributed by atoms with Gasteiger partial charge in [-0.3, -0.25) is 0 Å². The first kappa shape index (κ1) is 10.9. The topological polar surface area (TPSA) is 90.0 Å². The average Bonchev–Trinajstić information content (AvgIpc) is 2.18. The predicted octanol–water partition coefficient (Wildman–Crippen LogP) is 0.438. The van der Waals surface area contributed by atoms with Crippen molar-refractivity contribution in [1.82, 2.24) is 9.97 Å². The summed E-state index contributed by atoms with van der Waals surface area (Å²) < 4.78 is 0. The number of nitrogens with zero attached hydrogens (tertiary/aromatic N) is 3. The third-order valence-corrected chi connectivity index (χ3v) is 1.76. The van der Waals surface area contributed by atoms with Gasteiger partial charge in [0.1, 0.15) is 12.2 Å². The lowest BCUT2D eigenvalue weighted by Crippen LogP contribution is -2.19. The van der Waals surface area contributed by atoms with Crippen molar-refractivity contribution in [3.8, 4) is 6.07 Å². The van der Waals surface area contributed by atoms with Crippen LogP contribution < -0.4 is 0 Å². The molecule has 0 bridgehead atoms. The van der Waals surface area contributed by atoms with E-state index in [2.05, 4.69) is 9.97 Å². The number of hydrogen-bond donors (Lipinski definition) is 2. The fraction of sp³-hybridized carbons (Fsp3) is 0.375. The lowest BCUT2D eigenvalue weighted by molar-refractivity contribution is 0.0162. The van der Waals surface area contributed by atoms with E-state index in [0.717, 1.165) is 0 Å². The van der Waals surface area contributed by atoms with E-state index in [0.29, 0.717) is 5.02 Å². The van der Waals surface area contributed by atoms with E-state index in [1.54, 1.807) is 6.07 Å². The maximum absolute atomic E-state index is 9.44. The minimum absolute atomic E-state index is 0.0529. The number of aromatic nitrogens is 2. The predicted molar refractivity (Wildman–Crippen MR) is 48.2 cm³/mol. The van der Waals surface area contributed by atoms with Gasteiger partial charge in [-0.1, -0.05) is 11.6 Å². The fourth-order valence-electron chi connectivity index (χ4n) is 0.852. The molecule has 74 valence electrons. The normalized spacial score (nSPS) is 14.4. The highest BCUT2D eigenvalue weighted by atomic mass is 35.5. The van der Waals surface area contributed by atoms with Crippen molar-refractivity contribution in [1.29, 1.82) is 5.26 Å². The second-order valence-corrected chi connectivity index (χ2v) is 3.07. The van der Waals surface area contributed by atoms with Gasteiger partial charge < -0.3 is 10.2 Å². The molecule has 0 saturated heterocycles. The minimum Gasteiger partial charge on any atom is -0.389 e. The van der Waals surface area contributed by atoms with Crippen LogP contribution in [0, 0.1) is 11.3 Å². The smallest absolute Gasteiger partial charge is 0.159 e. The molecular weight excluding hydrogens is 206 g/mol. The van der Waals surface area contributed by atoms with Crippen molar-refractivity contribution in [2.75, 3.05) is 0 Å². The molecule has 6 heteroatoms. The molecule has 2 atom stereocenters. The van der Waals surface area contributed by atoms with Crippen molar-refractivity contribution >= 4 is 11.6 Å². The molecule has 0 fully saturated rings. The van der Waals surface area contributed by atoms with Crippen LogP contribution in [0.5, 0.6) is 0 Å². The molecule has 2 N–H and O–H groups in total. The quantitative estimate of drug-likeness (QED) is 0.760. The van der Waals surface area contributed by atoms with Gasteiger partial charge in [0.25, 0.3) is 0 Å². The Bertz CT molecular complexity index is 335. The van der Waals surface area contributed by atoms with E-state index in [1.807, 2.05) is 0 Å². The second kappa shape index (κ2) is 4.86. The fourth-order valence-corrected chi connectivity index (χ4v) is 0.950. The third kappa shape index (κ3) is 2.64. The Balaban J connectivity index is 2.74. The van der Waals surface area contributed by atoms with Gasteiger partial charge in [-0.2, -0.15) is 5.26 Å². The van der Waals surface area contributed by atoms with E-state index in [1.165, 1.54) is 12.4 Å². The van der Waals surface area contributed by atoms with Crippen molar-refractivity contribution < 1.29 is 10.2 Å². The first-order chi connectivity index (χ1) is 6.65. The molecule has 0 aromatic carbocycles. The molecule has 0 spiro atoms. The molecule has 1 rings (SSSR count). The Labute approximate surface area is 85.6 Å². The van der Waals surface area contributed by atoms with Gasteiger partial charge in [0.2, 0.25) is 0 Å². The van der Waals surface area contributed by atoms with Gasteiger partial charge >= 0.3 is 0 Å². The Hall–Kier alpha value is -1.22. The van der Waals surface area contributed by atoms with Gasteiger partial charge in [-0.15, -0.1) is 0 Å². The molecular formula is C8H8ClN3O2. The van der Waals surface area contributed by atoms with Crippen LogP contribution in [0.3, 0.4) is 0 Å². The van der Waals surface area contributed by atoms with E-state index in [9.17, 15) is 10.2 Å². The van der Waals surface area contributed by atoms with Gasteiger partial charge in [0.05, 0.1) is 17.5 Å². The van der Waals surface area contributed by atoms with Gasteiger partial charge in [0.15, 0.2) is 5.82 Å². The lowest BCUT2D eigenvalue weighted by Gasteiger charge is -2.12. The van der Waals surface area contributed by atoms with Crippen molar-refractivity contribution in [2.24, 2.45) is 0 Å². The number of halogens is 1. The first-order valence-electron chi connectivity index (χ1n) is 3.85. The zero-order valence-corrected chi connectivity index (χ0v) is 7.89. The molecule has 1 aromatic rings. The number of aliphatic hydroxyl groups is 2. The summed E-state index contributed by atoms with van der Waals surface area (Å²) in [5.41, 5.74) is 0. The molecule has 0 aliphatic rings. The van der Waals surface area contributed by atoms with Gasteiger partial charge in [-0.25, -0.2) is 9.97 Å². The SMILES string of the molecule is N#CCC(O)C(O)c1ncc(Cl)cn1. The van der Waals surface area contributed by atoms with Gasteiger partial charge in [0, 0.05) is 12.4 Å². The molecule has 0 amide bonds. The summed E-state index contributed by atoms with van der Waals surface area (Å²) in [6.45, 7) is 0. The summed E-state index contributed by atoms with van der Waals surface area (Å²) in [4.78, 5) is 7.44. The Morgan fingerprint density at radius 2 is 2.00 bits per heavy atom. The molecule has 2 unspecified atom stereocenters. The lowest BCUT2D eigenvalue weighted by atomic mass is 10.1. The van der Waals surface area contributed by atoms with Crippen LogP contribution >= 0.6 is 11.6 Å². The Kier molecular flexibility index (Phi) is 3.77. The van der Waals surface area contributed by atoms with Crippen LogP contribution in [0.25, 0.3) is 0 Å². The van der Waals surface area contributed by atoms with Gasteiger partial charge in [-0.05, 0) is 0 Å². The summed E-state index contributed by atoms with van der Waals surface area (Å²) in [5, 5.41) is 27.3. The summed E-state index contributed by atoms with van der Waals surface area (Å²) in [7, 11) is 0. The highest BCUT2D eigenvalue weighted by Gasteiger charge is 2.20. The molecule has 5 nitrogen and oxygen atoms in total. The first-order valence-corrected chi connectivity index (χ1v) is 4.23. The van der Waals surface area contributed by atoms with Crippen LogP contribution in [0.15, 0.2) is 12.4 Å². The van der Waals surface area contributed by atoms with E-state index < -0.39 is 12.2 Å². The minimum atomic E-state index is -1.26. The summed E-state index contributed by atoms with van der Waals surface area (Å²) >= 11 is 5.54. The highest BCUT2D eigenvalue weighted by Crippen LogP contribution is 2.15.